The molecule has 0 spiro atoms. The molecule has 1 amide bonds. The molecule has 1 heterocycles. The van der Waals surface area contributed by atoms with E-state index in [0.29, 0.717) is 12.3 Å². The van der Waals surface area contributed by atoms with E-state index in [9.17, 15) is 4.79 Å². The maximum atomic E-state index is 12.0. The monoisotopic (exact) mass is 274 g/mol. The van der Waals surface area contributed by atoms with Gasteiger partial charge in [-0.25, -0.2) is 0 Å². The quantitative estimate of drug-likeness (QED) is 0.867. The van der Waals surface area contributed by atoms with Crippen molar-refractivity contribution in [3.8, 4) is 0 Å². The van der Waals surface area contributed by atoms with Crippen molar-refractivity contribution >= 4 is 5.91 Å². The van der Waals surface area contributed by atoms with Crippen LogP contribution in [0.4, 0.5) is 0 Å². The van der Waals surface area contributed by atoms with E-state index in [1.807, 2.05) is 0 Å². The Morgan fingerprint density at radius 3 is 2.85 bits per heavy atom. The Bertz CT molecular complexity index is 464. The third-order valence-electron chi connectivity index (χ3n) is 4.35. The lowest BCUT2D eigenvalue weighted by Crippen LogP contribution is -2.27. The molecular formula is C17H26N2O. The fourth-order valence-corrected chi connectivity index (χ4v) is 2.73. The van der Waals surface area contributed by atoms with Crippen LogP contribution in [-0.2, 0) is 4.79 Å². The van der Waals surface area contributed by atoms with Gasteiger partial charge in [0, 0.05) is 6.42 Å². The highest BCUT2D eigenvalue weighted by Crippen LogP contribution is 2.18. The molecule has 2 unspecified atom stereocenters. The Labute approximate surface area is 122 Å². The van der Waals surface area contributed by atoms with E-state index in [-0.39, 0.29) is 11.9 Å². The number of benzene rings is 1. The number of rotatable bonds is 5. The summed E-state index contributed by atoms with van der Waals surface area (Å²) in [5.41, 5.74) is 3.76. The highest BCUT2D eigenvalue weighted by atomic mass is 16.1. The van der Waals surface area contributed by atoms with Crippen LogP contribution in [0.1, 0.15) is 48.9 Å². The van der Waals surface area contributed by atoms with Crippen molar-refractivity contribution in [3.63, 3.8) is 0 Å². The van der Waals surface area contributed by atoms with Gasteiger partial charge in [-0.1, -0.05) is 18.2 Å². The Kier molecular flexibility index (Phi) is 5.18. The number of amides is 1. The van der Waals surface area contributed by atoms with Gasteiger partial charge in [0.05, 0.1) is 6.04 Å². The maximum Gasteiger partial charge on any atom is 0.220 e. The second kappa shape index (κ2) is 6.89. The molecule has 0 bridgehead atoms. The van der Waals surface area contributed by atoms with Crippen molar-refractivity contribution in [2.24, 2.45) is 5.92 Å². The van der Waals surface area contributed by atoms with E-state index in [1.165, 1.54) is 23.1 Å². The number of hydrogen-bond acceptors (Lipinski definition) is 2. The van der Waals surface area contributed by atoms with Gasteiger partial charge in [0.2, 0.25) is 5.91 Å². The van der Waals surface area contributed by atoms with E-state index in [2.05, 4.69) is 49.6 Å². The highest BCUT2D eigenvalue weighted by molar-refractivity contribution is 5.76. The van der Waals surface area contributed by atoms with Crippen molar-refractivity contribution in [1.82, 2.24) is 10.6 Å². The van der Waals surface area contributed by atoms with Gasteiger partial charge in [0.1, 0.15) is 0 Å². The van der Waals surface area contributed by atoms with Gasteiger partial charge in [-0.15, -0.1) is 0 Å². The molecule has 2 rings (SSSR count). The largest absolute Gasteiger partial charge is 0.350 e. The first-order chi connectivity index (χ1) is 9.56. The van der Waals surface area contributed by atoms with Crippen molar-refractivity contribution in [3.05, 3.63) is 34.9 Å². The lowest BCUT2D eigenvalue weighted by Gasteiger charge is -2.16. The summed E-state index contributed by atoms with van der Waals surface area (Å²) in [6.07, 6.45) is 2.85. The molecule has 1 saturated heterocycles. The predicted octanol–water partition coefficient (Wildman–Crippen LogP) is 2.87. The van der Waals surface area contributed by atoms with Crippen LogP contribution in [0.3, 0.4) is 0 Å². The Morgan fingerprint density at radius 1 is 1.40 bits per heavy atom. The number of hydrogen-bond donors (Lipinski definition) is 2. The molecular weight excluding hydrogens is 248 g/mol. The van der Waals surface area contributed by atoms with Crippen molar-refractivity contribution < 1.29 is 4.79 Å². The summed E-state index contributed by atoms with van der Waals surface area (Å²) < 4.78 is 0. The normalized spacial score (nSPS) is 19.9. The van der Waals surface area contributed by atoms with E-state index in [1.54, 1.807) is 0 Å². The molecule has 2 atom stereocenters. The molecule has 3 heteroatoms. The van der Waals surface area contributed by atoms with Crippen LogP contribution >= 0.6 is 0 Å². The molecule has 2 N–H and O–H groups in total. The number of nitrogens with one attached hydrogen (secondary N) is 2. The predicted molar refractivity (Wildman–Crippen MR) is 82.7 cm³/mol. The second-order valence-electron chi connectivity index (χ2n) is 6.03. The number of carbonyl (C=O) groups is 1. The molecule has 0 aliphatic carbocycles. The Hall–Kier alpha value is -1.35. The molecule has 0 radical (unpaired) electrons. The minimum absolute atomic E-state index is 0.0866. The Morgan fingerprint density at radius 2 is 2.20 bits per heavy atom. The molecule has 0 saturated carbocycles. The summed E-state index contributed by atoms with van der Waals surface area (Å²) in [5.74, 6) is 0.848. The zero-order valence-electron chi connectivity index (χ0n) is 12.8. The van der Waals surface area contributed by atoms with Gasteiger partial charge in [0.15, 0.2) is 0 Å². The minimum Gasteiger partial charge on any atom is -0.350 e. The molecule has 20 heavy (non-hydrogen) atoms. The first-order valence-corrected chi connectivity index (χ1v) is 7.63. The third-order valence-corrected chi connectivity index (χ3v) is 4.35. The summed E-state index contributed by atoms with van der Waals surface area (Å²) in [6.45, 7) is 8.45. The first-order valence-electron chi connectivity index (χ1n) is 7.63. The van der Waals surface area contributed by atoms with Crippen LogP contribution in [0.15, 0.2) is 18.2 Å². The summed E-state index contributed by atoms with van der Waals surface area (Å²) in [6, 6.07) is 6.48. The van der Waals surface area contributed by atoms with E-state index in [4.69, 9.17) is 0 Å². The Balaban J connectivity index is 1.81. The van der Waals surface area contributed by atoms with Crippen molar-refractivity contribution in [2.45, 2.75) is 46.1 Å². The number of aryl methyl sites for hydroxylation is 2. The van der Waals surface area contributed by atoms with Crippen LogP contribution in [0.25, 0.3) is 0 Å². The maximum absolute atomic E-state index is 12.0. The van der Waals surface area contributed by atoms with Crippen LogP contribution < -0.4 is 10.6 Å². The molecule has 1 aliphatic heterocycles. The van der Waals surface area contributed by atoms with Gasteiger partial charge < -0.3 is 10.6 Å². The second-order valence-corrected chi connectivity index (χ2v) is 6.03. The van der Waals surface area contributed by atoms with Crippen molar-refractivity contribution in [2.75, 3.05) is 13.1 Å². The zero-order chi connectivity index (χ0) is 14.5. The van der Waals surface area contributed by atoms with Gasteiger partial charge in [0.25, 0.3) is 0 Å². The smallest absolute Gasteiger partial charge is 0.220 e. The topological polar surface area (TPSA) is 41.1 Å². The molecule has 1 fully saturated rings. The van der Waals surface area contributed by atoms with Crippen molar-refractivity contribution in [1.29, 1.82) is 0 Å². The fourth-order valence-electron chi connectivity index (χ4n) is 2.73. The first kappa shape index (κ1) is 15.0. The van der Waals surface area contributed by atoms with Crippen LogP contribution in [0.5, 0.6) is 0 Å². The van der Waals surface area contributed by atoms with E-state index in [0.717, 1.165) is 19.5 Å². The molecule has 0 aromatic heterocycles. The number of carbonyl (C=O) groups excluding carboxylic acids is 1. The van der Waals surface area contributed by atoms with E-state index < -0.39 is 0 Å². The minimum atomic E-state index is 0.0866. The van der Waals surface area contributed by atoms with Crippen LogP contribution in [0, 0.1) is 19.8 Å². The van der Waals surface area contributed by atoms with Crippen LogP contribution in [0.2, 0.25) is 0 Å². The molecule has 1 aromatic carbocycles. The fraction of sp³-hybridized carbons (Fsp3) is 0.588. The standard InChI is InChI=1S/C17H26N2O/c1-12-4-6-16(10-13(12)2)14(3)19-17(20)7-5-15-8-9-18-11-15/h4,6,10,14-15,18H,5,7-9,11H2,1-3H3,(H,19,20). The lowest BCUT2D eigenvalue weighted by molar-refractivity contribution is -0.122. The summed E-state index contributed by atoms with van der Waals surface area (Å²) >= 11 is 0. The van der Waals surface area contributed by atoms with Gasteiger partial charge in [-0.05, 0) is 69.3 Å². The van der Waals surface area contributed by atoms with Gasteiger partial charge in [-0.3, -0.25) is 4.79 Å². The summed E-state index contributed by atoms with van der Waals surface area (Å²) in [4.78, 5) is 12.0. The average molecular weight is 274 g/mol. The SMILES string of the molecule is Cc1ccc(C(C)NC(=O)CCC2CCNC2)cc1C. The molecule has 1 aliphatic rings. The van der Waals surface area contributed by atoms with Gasteiger partial charge >= 0.3 is 0 Å². The molecule has 1 aromatic rings. The summed E-state index contributed by atoms with van der Waals surface area (Å²) in [5, 5.41) is 6.45. The lowest BCUT2D eigenvalue weighted by atomic mass is 10.0. The molecule has 110 valence electrons. The third kappa shape index (κ3) is 4.07. The van der Waals surface area contributed by atoms with Crippen LogP contribution in [-0.4, -0.2) is 19.0 Å². The molecule has 3 nitrogen and oxygen atoms in total. The average Bonchev–Trinajstić information content (AvgIpc) is 2.92. The zero-order valence-corrected chi connectivity index (χ0v) is 12.8. The van der Waals surface area contributed by atoms with E-state index >= 15 is 0 Å². The highest BCUT2D eigenvalue weighted by Gasteiger charge is 2.16. The van der Waals surface area contributed by atoms with Gasteiger partial charge in [-0.2, -0.15) is 0 Å². The summed E-state index contributed by atoms with van der Waals surface area (Å²) in [7, 11) is 0.